The molecule has 0 saturated carbocycles. The van der Waals surface area contributed by atoms with Gasteiger partial charge in [-0.3, -0.25) is 4.79 Å². The maximum absolute atomic E-state index is 12.7. The van der Waals surface area contributed by atoms with Gasteiger partial charge < -0.3 is 14.6 Å². The number of ether oxygens (including phenoxy) is 1. The van der Waals surface area contributed by atoms with Crippen LogP contribution in [-0.4, -0.2) is 46.8 Å². The Kier molecular flexibility index (Phi) is 8.58. The predicted octanol–water partition coefficient (Wildman–Crippen LogP) is 4.08. The molecule has 0 fully saturated rings. The van der Waals surface area contributed by atoms with Gasteiger partial charge in [0.25, 0.3) is 0 Å². The molecule has 27 heavy (non-hydrogen) atoms. The second-order valence-corrected chi connectivity index (χ2v) is 7.06. The molecule has 0 bridgehead atoms. The number of rotatable bonds is 10. The van der Waals surface area contributed by atoms with Crippen LogP contribution in [0.15, 0.2) is 42.6 Å². The minimum absolute atomic E-state index is 0.165. The number of fused-ring (bicyclic) bond motifs is 1. The summed E-state index contributed by atoms with van der Waals surface area (Å²) in [5.41, 5.74) is 2.28. The summed E-state index contributed by atoms with van der Waals surface area (Å²) in [7, 11) is 0. The topological polar surface area (TPSA) is 62.4 Å². The third-order valence-corrected chi connectivity index (χ3v) is 5.48. The molecule has 1 N–H and O–H groups in total. The van der Waals surface area contributed by atoms with E-state index >= 15 is 0 Å². The van der Waals surface area contributed by atoms with Crippen molar-refractivity contribution in [1.29, 1.82) is 0 Å². The molecule has 1 heterocycles. The first-order chi connectivity index (χ1) is 13.1. The van der Waals surface area contributed by atoms with Gasteiger partial charge in [0, 0.05) is 47.7 Å². The number of para-hydroxylation sites is 1. The van der Waals surface area contributed by atoms with Gasteiger partial charge in [-0.05, 0) is 30.9 Å². The van der Waals surface area contributed by atoms with E-state index in [2.05, 4.69) is 33.9 Å². The SMILES string of the molecule is CCOC(=O)/C=C/C(=O)N(CCc1c[nH]c2ccccc12)CC(CC)CBr. The van der Waals surface area contributed by atoms with Gasteiger partial charge in [-0.25, -0.2) is 4.79 Å². The zero-order valence-electron chi connectivity index (χ0n) is 15.9. The molecule has 0 aliphatic heterocycles. The summed E-state index contributed by atoms with van der Waals surface area (Å²) in [6.07, 6.45) is 6.25. The Morgan fingerprint density at radius 3 is 2.74 bits per heavy atom. The van der Waals surface area contributed by atoms with Crippen molar-refractivity contribution in [3.8, 4) is 0 Å². The van der Waals surface area contributed by atoms with Crippen LogP contribution in [0.4, 0.5) is 0 Å². The minimum atomic E-state index is -0.491. The van der Waals surface area contributed by atoms with Crippen LogP contribution in [0.5, 0.6) is 0 Å². The minimum Gasteiger partial charge on any atom is -0.463 e. The van der Waals surface area contributed by atoms with Crippen LogP contribution in [-0.2, 0) is 20.7 Å². The Hall–Kier alpha value is -2.08. The number of hydrogen-bond donors (Lipinski definition) is 1. The highest BCUT2D eigenvalue weighted by Gasteiger charge is 2.17. The lowest BCUT2D eigenvalue weighted by molar-refractivity contribution is -0.137. The normalized spacial score (nSPS) is 12.4. The van der Waals surface area contributed by atoms with Crippen molar-refractivity contribution >= 4 is 38.7 Å². The highest BCUT2D eigenvalue weighted by atomic mass is 79.9. The number of hydrogen-bond acceptors (Lipinski definition) is 3. The smallest absolute Gasteiger partial charge is 0.330 e. The Morgan fingerprint density at radius 2 is 2.04 bits per heavy atom. The highest BCUT2D eigenvalue weighted by molar-refractivity contribution is 9.09. The number of nitrogens with one attached hydrogen (secondary N) is 1. The fraction of sp³-hybridized carbons (Fsp3) is 0.429. The molecular formula is C21H27BrN2O3. The van der Waals surface area contributed by atoms with E-state index in [0.717, 1.165) is 23.7 Å². The molecule has 6 heteroatoms. The largest absolute Gasteiger partial charge is 0.463 e. The van der Waals surface area contributed by atoms with E-state index < -0.39 is 5.97 Å². The van der Waals surface area contributed by atoms with Gasteiger partial charge in [0.1, 0.15) is 0 Å². The third kappa shape index (κ3) is 6.24. The number of alkyl halides is 1. The lowest BCUT2D eigenvalue weighted by atomic mass is 10.1. The average Bonchev–Trinajstić information content (AvgIpc) is 3.10. The molecule has 0 aliphatic rings. The number of aromatic nitrogens is 1. The van der Waals surface area contributed by atoms with Crippen molar-refractivity contribution in [2.75, 3.05) is 25.0 Å². The summed E-state index contributed by atoms with van der Waals surface area (Å²) < 4.78 is 4.85. The van der Waals surface area contributed by atoms with Crippen molar-refractivity contribution in [2.24, 2.45) is 5.92 Å². The van der Waals surface area contributed by atoms with Crippen LogP contribution in [0.2, 0.25) is 0 Å². The maximum atomic E-state index is 12.7. The average molecular weight is 435 g/mol. The molecule has 0 aliphatic carbocycles. The molecule has 1 unspecified atom stereocenters. The zero-order chi connectivity index (χ0) is 19.6. The van der Waals surface area contributed by atoms with E-state index in [1.807, 2.05) is 29.3 Å². The summed E-state index contributed by atoms with van der Waals surface area (Å²) in [5.74, 6) is -0.287. The quantitative estimate of drug-likeness (QED) is 0.348. The summed E-state index contributed by atoms with van der Waals surface area (Å²) >= 11 is 3.52. The number of esters is 1. The third-order valence-electron chi connectivity index (χ3n) is 4.56. The van der Waals surface area contributed by atoms with Crippen LogP contribution >= 0.6 is 15.9 Å². The van der Waals surface area contributed by atoms with Crippen LogP contribution < -0.4 is 0 Å². The first-order valence-electron chi connectivity index (χ1n) is 9.33. The second kappa shape index (κ2) is 10.9. The fourth-order valence-electron chi connectivity index (χ4n) is 2.92. The molecule has 2 aromatic rings. The molecule has 146 valence electrons. The molecule has 1 amide bonds. The molecule has 5 nitrogen and oxygen atoms in total. The van der Waals surface area contributed by atoms with Crippen molar-refractivity contribution in [1.82, 2.24) is 9.88 Å². The molecule has 1 atom stereocenters. The van der Waals surface area contributed by atoms with Crippen LogP contribution in [0.3, 0.4) is 0 Å². The van der Waals surface area contributed by atoms with Gasteiger partial charge in [-0.1, -0.05) is 47.5 Å². The van der Waals surface area contributed by atoms with Crippen LogP contribution in [0, 0.1) is 5.92 Å². The van der Waals surface area contributed by atoms with E-state index in [0.29, 0.717) is 25.6 Å². The number of carbonyl (C=O) groups is 2. The standard InChI is InChI=1S/C21H27BrN2O3/c1-3-16(13-22)15-24(20(25)9-10-21(26)27-4-2)12-11-17-14-23-19-8-6-5-7-18(17)19/h5-10,14,16,23H,3-4,11-13,15H2,1-2H3/b10-9+. The van der Waals surface area contributed by atoms with E-state index in [4.69, 9.17) is 4.74 Å². The molecule has 0 radical (unpaired) electrons. The van der Waals surface area contributed by atoms with Gasteiger partial charge >= 0.3 is 5.97 Å². The molecular weight excluding hydrogens is 408 g/mol. The Bertz CT molecular complexity index is 781. The van der Waals surface area contributed by atoms with Crippen molar-refractivity contribution < 1.29 is 14.3 Å². The number of carbonyl (C=O) groups excluding carboxylic acids is 2. The number of H-pyrrole nitrogens is 1. The number of halogens is 1. The Morgan fingerprint density at radius 1 is 1.26 bits per heavy atom. The van der Waals surface area contributed by atoms with E-state index in [-0.39, 0.29) is 5.91 Å². The predicted molar refractivity (Wildman–Crippen MR) is 112 cm³/mol. The summed E-state index contributed by atoms with van der Waals surface area (Å²) in [4.78, 5) is 29.2. The summed E-state index contributed by atoms with van der Waals surface area (Å²) in [5, 5.41) is 2.02. The number of aromatic amines is 1. The van der Waals surface area contributed by atoms with Gasteiger partial charge in [0.15, 0.2) is 0 Å². The summed E-state index contributed by atoms with van der Waals surface area (Å²) in [6.45, 7) is 5.39. The van der Waals surface area contributed by atoms with Crippen LogP contribution in [0.1, 0.15) is 25.8 Å². The second-order valence-electron chi connectivity index (χ2n) is 6.41. The van der Waals surface area contributed by atoms with E-state index in [1.54, 1.807) is 6.92 Å². The Labute approximate surface area is 168 Å². The van der Waals surface area contributed by atoms with Crippen molar-refractivity contribution in [2.45, 2.75) is 26.7 Å². The number of benzene rings is 1. The highest BCUT2D eigenvalue weighted by Crippen LogP contribution is 2.19. The Balaban J connectivity index is 2.09. The van der Waals surface area contributed by atoms with E-state index in [1.165, 1.54) is 23.1 Å². The molecule has 1 aromatic heterocycles. The summed E-state index contributed by atoms with van der Waals surface area (Å²) in [6, 6.07) is 8.15. The molecule has 0 spiro atoms. The monoisotopic (exact) mass is 434 g/mol. The first-order valence-corrected chi connectivity index (χ1v) is 10.5. The van der Waals surface area contributed by atoms with Gasteiger partial charge in [0.05, 0.1) is 6.61 Å². The van der Waals surface area contributed by atoms with E-state index in [9.17, 15) is 9.59 Å². The lowest BCUT2D eigenvalue weighted by Gasteiger charge is -2.25. The number of amides is 1. The van der Waals surface area contributed by atoms with Gasteiger partial charge in [-0.15, -0.1) is 0 Å². The first kappa shape index (κ1) is 21.2. The van der Waals surface area contributed by atoms with Crippen molar-refractivity contribution in [3.63, 3.8) is 0 Å². The molecule has 2 rings (SSSR count). The number of nitrogens with zero attached hydrogens (tertiary/aromatic N) is 1. The lowest BCUT2D eigenvalue weighted by Crippen LogP contribution is -2.36. The molecule has 1 aromatic carbocycles. The van der Waals surface area contributed by atoms with Gasteiger partial charge in [0.2, 0.25) is 5.91 Å². The van der Waals surface area contributed by atoms with Crippen molar-refractivity contribution in [3.05, 3.63) is 48.2 Å². The zero-order valence-corrected chi connectivity index (χ0v) is 17.5. The van der Waals surface area contributed by atoms with Crippen LogP contribution in [0.25, 0.3) is 10.9 Å². The molecule has 0 saturated heterocycles. The van der Waals surface area contributed by atoms with Gasteiger partial charge in [-0.2, -0.15) is 0 Å². The maximum Gasteiger partial charge on any atom is 0.330 e. The fourth-order valence-corrected chi connectivity index (χ4v) is 3.58.